The number of aromatic nitrogens is 4. The molecule has 4 nitrogen and oxygen atoms in total. The molecule has 0 saturated carbocycles. The number of nitrogens with zero attached hydrogens (tertiary/aromatic N) is 4. The van der Waals surface area contributed by atoms with Gasteiger partial charge in [0.1, 0.15) is 0 Å². The highest BCUT2D eigenvalue weighted by atomic mass is 19.4. The van der Waals surface area contributed by atoms with Gasteiger partial charge in [0.15, 0.2) is 5.82 Å². The Balaban J connectivity index is 2.15. The van der Waals surface area contributed by atoms with Crippen LogP contribution in [0, 0.1) is 0 Å². The molecule has 0 aliphatic heterocycles. The maximum Gasteiger partial charge on any atom is 0.389 e. The number of hydrogen-bond donors (Lipinski definition) is 0. The van der Waals surface area contributed by atoms with Crippen molar-refractivity contribution in [3.63, 3.8) is 0 Å². The lowest BCUT2D eigenvalue weighted by Crippen LogP contribution is -2.09. The van der Waals surface area contributed by atoms with Crippen molar-refractivity contribution in [3.05, 3.63) is 30.4 Å². The van der Waals surface area contributed by atoms with Crippen molar-refractivity contribution in [1.82, 2.24) is 19.7 Å². The van der Waals surface area contributed by atoms with Crippen molar-refractivity contribution in [3.8, 4) is 11.4 Å². The van der Waals surface area contributed by atoms with Gasteiger partial charge in [0, 0.05) is 31.6 Å². The van der Waals surface area contributed by atoms with Gasteiger partial charge in [0.05, 0.1) is 11.8 Å². The Bertz CT molecular complexity index is 533. The van der Waals surface area contributed by atoms with E-state index in [-0.39, 0.29) is 6.42 Å². The van der Waals surface area contributed by atoms with Crippen LogP contribution in [0.4, 0.5) is 13.2 Å². The Morgan fingerprint density at radius 1 is 1.33 bits per heavy atom. The zero-order chi connectivity index (χ0) is 13.2. The molecule has 2 aromatic rings. The number of aryl methyl sites for hydroxylation is 2. The Morgan fingerprint density at radius 3 is 2.72 bits per heavy atom. The number of alkyl halides is 3. The van der Waals surface area contributed by atoms with Crippen LogP contribution >= 0.6 is 0 Å². The summed E-state index contributed by atoms with van der Waals surface area (Å²) < 4.78 is 37.9. The van der Waals surface area contributed by atoms with Gasteiger partial charge >= 0.3 is 6.18 Å². The van der Waals surface area contributed by atoms with Crippen LogP contribution in [0.3, 0.4) is 0 Å². The Hall–Kier alpha value is -1.92. The lowest BCUT2D eigenvalue weighted by molar-refractivity contribution is -0.134. The highest BCUT2D eigenvalue weighted by Gasteiger charge is 2.26. The van der Waals surface area contributed by atoms with Crippen molar-refractivity contribution in [2.75, 3.05) is 0 Å². The second-order valence-corrected chi connectivity index (χ2v) is 3.89. The van der Waals surface area contributed by atoms with E-state index in [0.29, 0.717) is 17.1 Å². The number of hydrogen-bond acceptors (Lipinski definition) is 3. The molecule has 18 heavy (non-hydrogen) atoms. The molecule has 2 rings (SSSR count). The summed E-state index contributed by atoms with van der Waals surface area (Å²) in [5.74, 6) is 0.391. The van der Waals surface area contributed by atoms with E-state index >= 15 is 0 Å². The molecule has 7 heteroatoms. The predicted molar refractivity (Wildman–Crippen MR) is 58.6 cm³/mol. The fraction of sp³-hybridized carbons (Fsp3) is 0.364. The topological polar surface area (TPSA) is 43.6 Å². The van der Waals surface area contributed by atoms with Gasteiger partial charge in [0.2, 0.25) is 0 Å². The normalized spacial score (nSPS) is 11.8. The maximum atomic E-state index is 12.1. The summed E-state index contributed by atoms with van der Waals surface area (Å²) >= 11 is 0. The van der Waals surface area contributed by atoms with Crippen LogP contribution in [-0.2, 0) is 13.5 Å². The van der Waals surface area contributed by atoms with Crippen molar-refractivity contribution < 1.29 is 13.2 Å². The van der Waals surface area contributed by atoms with E-state index in [1.54, 1.807) is 24.1 Å². The molecule has 0 fully saturated rings. The minimum atomic E-state index is -4.17. The molecular formula is C11H11F3N4. The van der Waals surface area contributed by atoms with Gasteiger partial charge < -0.3 is 0 Å². The van der Waals surface area contributed by atoms with Crippen LogP contribution in [0.15, 0.2) is 24.7 Å². The number of rotatable bonds is 3. The molecule has 0 unspecified atom stereocenters. The highest BCUT2D eigenvalue weighted by molar-refractivity contribution is 5.51. The molecule has 2 aromatic heterocycles. The lowest BCUT2D eigenvalue weighted by Gasteiger charge is -2.05. The van der Waals surface area contributed by atoms with E-state index in [2.05, 4.69) is 15.1 Å². The van der Waals surface area contributed by atoms with E-state index in [1.807, 2.05) is 0 Å². The van der Waals surface area contributed by atoms with E-state index in [9.17, 15) is 13.2 Å². The predicted octanol–water partition coefficient (Wildman–Crippen LogP) is 2.37. The summed E-state index contributed by atoms with van der Waals surface area (Å²) in [7, 11) is 1.75. The Kier molecular flexibility index (Phi) is 3.31. The Morgan fingerprint density at radius 2 is 2.11 bits per heavy atom. The van der Waals surface area contributed by atoms with E-state index in [1.165, 1.54) is 12.3 Å². The van der Waals surface area contributed by atoms with E-state index in [0.717, 1.165) is 0 Å². The monoisotopic (exact) mass is 256 g/mol. The molecule has 0 spiro atoms. The van der Waals surface area contributed by atoms with Crippen molar-refractivity contribution >= 4 is 0 Å². The van der Waals surface area contributed by atoms with E-state index < -0.39 is 12.6 Å². The van der Waals surface area contributed by atoms with Crippen LogP contribution in [0.1, 0.15) is 12.1 Å². The van der Waals surface area contributed by atoms with Gasteiger partial charge in [-0.25, -0.2) is 9.97 Å². The lowest BCUT2D eigenvalue weighted by atomic mass is 10.2. The smallest absolute Gasteiger partial charge is 0.275 e. The summed E-state index contributed by atoms with van der Waals surface area (Å²) in [6.45, 7) is 0. The second-order valence-electron chi connectivity index (χ2n) is 3.89. The highest BCUT2D eigenvalue weighted by Crippen LogP contribution is 2.22. The third-order valence-electron chi connectivity index (χ3n) is 2.34. The molecule has 0 bridgehead atoms. The third-order valence-corrected chi connectivity index (χ3v) is 2.34. The molecule has 2 heterocycles. The summed E-state index contributed by atoms with van der Waals surface area (Å²) in [6.07, 6.45) is -0.442. The SMILES string of the molecule is Cn1cc(-c2nccc(CCC(F)(F)F)n2)cn1. The van der Waals surface area contributed by atoms with Crippen molar-refractivity contribution in [1.29, 1.82) is 0 Å². The van der Waals surface area contributed by atoms with Gasteiger partial charge in [-0.3, -0.25) is 4.68 Å². The van der Waals surface area contributed by atoms with E-state index in [4.69, 9.17) is 0 Å². The van der Waals surface area contributed by atoms with Gasteiger partial charge in [-0.2, -0.15) is 18.3 Å². The zero-order valence-electron chi connectivity index (χ0n) is 9.65. The number of halogens is 3. The van der Waals surface area contributed by atoms with Gasteiger partial charge in [0.25, 0.3) is 0 Å². The first-order valence-electron chi connectivity index (χ1n) is 5.32. The first-order valence-corrected chi connectivity index (χ1v) is 5.32. The zero-order valence-corrected chi connectivity index (χ0v) is 9.65. The van der Waals surface area contributed by atoms with Gasteiger partial charge in [-0.1, -0.05) is 0 Å². The first kappa shape index (κ1) is 12.5. The standard InChI is InChI=1S/C11H11F3N4/c1-18-7-8(6-16-18)10-15-5-3-9(17-10)2-4-11(12,13)14/h3,5-7H,2,4H2,1H3. The van der Waals surface area contributed by atoms with Crippen LogP contribution in [-0.4, -0.2) is 25.9 Å². The summed E-state index contributed by atoms with van der Waals surface area (Å²) in [5, 5.41) is 3.96. The van der Waals surface area contributed by atoms with Crippen molar-refractivity contribution in [2.45, 2.75) is 19.0 Å². The molecule has 0 aliphatic carbocycles. The quantitative estimate of drug-likeness (QED) is 0.846. The summed E-state index contributed by atoms with van der Waals surface area (Å²) in [4.78, 5) is 8.12. The average molecular weight is 256 g/mol. The first-order chi connectivity index (χ1) is 8.44. The van der Waals surface area contributed by atoms with Crippen molar-refractivity contribution in [2.24, 2.45) is 7.05 Å². The molecular weight excluding hydrogens is 245 g/mol. The molecule has 0 saturated heterocycles. The average Bonchev–Trinajstić information content (AvgIpc) is 2.73. The molecule has 0 aromatic carbocycles. The van der Waals surface area contributed by atoms with Crippen LogP contribution in [0.5, 0.6) is 0 Å². The summed E-state index contributed by atoms with van der Waals surface area (Å²) in [6, 6.07) is 1.49. The minimum Gasteiger partial charge on any atom is -0.275 e. The van der Waals surface area contributed by atoms with Gasteiger partial charge in [-0.15, -0.1) is 0 Å². The molecule has 0 aliphatic rings. The second kappa shape index (κ2) is 4.75. The molecule has 0 atom stereocenters. The Labute approximate surface area is 101 Å². The molecule has 0 amide bonds. The molecule has 0 radical (unpaired) electrons. The van der Waals surface area contributed by atoms with Crippen LogP contribution in [0.25, 0.3) is 11.4 Å². The molecule has 0 N–H and O–H groups in total. The minimum absolute atomic E-state index is 0.140. The van der Waals surface area contributed by atoms with Crippen LogP contribution < -0.4 is 0 Å². The van der Waals surface area contributed by atoms with Crippen LogP contribution in [0.2, 0.25) is 0 Å². The maximum absolute atomic E-state index is 12.1. The fourth-order valence-electron chi connectivity index (χ4n) is 1.48. The summed E-state index contributed by atoms with van der Waals surface area (Å²) in [5.41, 5.74) is 1.06. The van der Waals surface area contributed by atoms with Gasteiger partial charge in [-0.05, 0) is 12.5 Å². The largest absolute Gasteiger partial charge is 0.389 e. The fourth-order valence-corrected chi connectivity index (χ4v) is 1.48. The molecule has 96 valence electrons. The third kappa shape index (κ3) is 3.28.